The zero-order valence-electron chi connectivity index (χ0n) is 7.40. The first-order valence-corrected chi connectivity index (χ1v) is 3.76. The Morgan fingerprint density at radius 1 is 1.57 bits per heavy atom. The molecule has 0 heterocycles. The summed E-state index contributed by atoms with van der Waals surface area (Å²) in [7, 11) is 0. The quantitative estimate of drug-likeness (QED) is 0.765. The molecule has 1 aromatic rings. The van der Waals surface area contributed by atoms with Gasteiger partial charge in [0.1, 0.15) is 11.9 Å². The van der Waals surface area contributed by atoms with Crippen LogP contribution in [0.2, 0.25) is 0 Å². The molecule has 74 valence electrons. The smallest absolute Gasteiger partial charge is 0.140 e. The Morgan fingerprint density at radius 3 is 2.71 bits per heavy atom. The van der Waals surface area contributed by atoms with Crippen molar-refractivity contribution in [3.63, 3.8) is 0 Å². The molecule has 0 radical (unpaired) electrons. The molecule has 0 bridgehead atoms. The van der Waals surface area contributed by atoms with Gasteiger partial charge in [0, 0.05) is 6.04 Å². The Bertz CT molecular complexity index is 371. The summed E-state index contributed by atoms with van der Waals surface area (Å²) in [5.74, 6) is -0.525. The molecule has 2 nitrogen and oxygen atoms in total. The van der Waals surface area contributed by atoms with Crippen LogP contribution in [0.5, 0.6) is 0 Å². The van der Waals surface area contributed by atoms with Crippen LogP contribution < -0.4 is 5.73 Å². The fourth-order valence-corrected chi connectivity index (χ4v) is 0.972. The van der Waals surface area contributed by atoms with Crippen LogP contribution in [0.25, 0.3) is 0 Å². The summed E-state index contributed by atoms with van der Waals surface area (Å²) in [6.07, 6.45) is 1.54. The third kappa shape index (κ3) is 2.56. The van der Waals surface area contributed by atoms with Crippen molar-refractivity contribution in [1.82, 2.24) is 0 Å². The lowest BCUT2D eigenvalue weighted by Gasteiger charge is -2.06. The van der Waals surface area contributed by atoms with Crippen LogP contribution in [0.3, 0.4) is 0 Å². The van der Waals surface area contributed by atoms with E-state index >= 15 is 0 Å². The molecule has 14 heavy (non-hydrogen) atoms. The highest BCUT2D eigenvalue weighted by Gasteiger charge is 2.05. The third-order valence-corrected chi connectivity index (χ3v) is 1.75. The number of hydrogen-bond acceptors (Lipinski definition) is 2. The molecule has 0 aliphatic rings. The van der Waals surface area contributed by atoms with E-state index < -0.39 is 5.82 Å². The van der Waals surface area contributed by atoms with Gasteiger partial charge in [0.05, 0.1) is 5.56 Å². The summed E-state index contributed by atoms with van der Waals surface area (Å²) in [5, 5.41) is 8.54. The SMILES string of the molecule is C=C[C@@H](N)c1ccc(F)c(C#N)c1.Cl. The number of hydrogen-bond donors (Lipinski definition) is 1. The predicted molar refractivity (Wildman–Crippen MR) is 55.5 cm³/mol. The highest BCUT2D eigenvalue weighted by molar-refractivity contribution is 5.85. The van der Waals surface area contributed by atoms with E-state index in [1.807, 2.05) is 0 Å². The molecule has 1 atom stereocenters. The molecule has 4 heteroatoms. The van der Waals surface area contributed by atoms with Gasteiger partial charge in [0.2, 0.25) is 0 Å². The number of rotatable bonds is 2. The molecule has 0 spiro atoms. The molecule has 1 aromatic carbocycles. The van der Waals surface area contributed by atoms with E-state index in [1.165, 1.54) is 18.2 Å². The lowest BCUT2D eigenvalue weighted by molar-refractivity contribution is 0.622. The summed E-state index contributed by atoms with van der Waals surface area (Å²) >= 11 is 0. The topological polar surface area (TPSA) is 49.8 Å². The van der Waals surface area contributed by atoms with Crippen LogP contribution in [0, 0.1) is 17.1 Å². The van der Waals surface area contributed by atoms with E-state index in [1.54, 1.807) is 12.1 Å². The van der Waals surface area contributed by atoms with E-state index in [0.717, 1.165) is 0 Å². The minimum absolute atomic E-state index is 0. The molecule has 0 aliphatic carbocycles. The minimum atomic E-state index is -0.525. The maximum Gasteiger partial charge on any atom is 0.140 e. The van der Waals surface area contributed by atoms with Crippen LogP contribution >= 0.6 is 12.4 Å². The Kier molecular flexibility index (Phi) is 4.85. The normalized spacial score (nSPS) is 10.9. The maximum absolute atomic E-state index is 12.8. The van der Waals surface area contributed by atoms with Crippen molar-refractivity contribution in [2.45, 2.75) is 6.04 Å². The fourth-order valence-electron chi connectivity index (χ4n) is 0.972. The van der Waals surface area contributed by atoms with Crippen molar-refractivity contribution in [2.24, 2.45) is 5.73 Å². The van der Waals surface area contributed by atoms with Gasteiger partial charge in [-0.3, -0.25) is 0 Å². The Balaban J connectivity index is 0.00000169. The molecule has 0 aliphatic heterocycles. The van der Waals surface area contributed by atoms with Gasteiger partial charge >= 0.3 is 0 Å². The molecule has 0 amide bonds. The van der Waals surface area contributed by atoms with E-state index in [-0.39, 0.29) is 24.0 Å². The van der Waals surface area contributed by atoms with Gasteiger partial charge in [-0.25, -0.2) is 4.39 Å². The van der Waals surface area contributed by atoms with Crippen LogP contribution in [-0.4, -0.2) is 0 Å². The molecule has 0 saturated carbocycles. The van der Waals surface area contributed by atoms with E-state index in [2.05, 4.69) is 6.58 Å². The Labute approximate surface area is 88.3 Å². The van der Waals surface area contributed by atoms with Crippen molar-refractivity contribution < 1.29 is 4.39 Å². The second-order valence-electron chi connectivity index (χ2n) is 2.61. The van der Waals surface area contributed by atoms with Gasteiger partial charge in [-0.15, -0.1) is 19.0 Å². The molecule has 2 N–H and O–H groups in total. The Hall–Kier alpha value is -1.37. The molecule has 0 unspecified atom stereocenters. The average molecular weight is 213 g/mol. The van der Waals surface area contributed by atoms with Crippen molar-refractivity contribution in [3.05, 3.63) is 47.8 Å². The first-order chi connectivity index (χ1) is 6.19. The van der Waals surface area contributed by atoms with Crippen LogP contribution in [0.1, 0.15) is 17.2 Å². The molecule has 0 saturated heterocycles. The minimum Gasteiger partial charge on any atom is -0.321 e. The number of benzene rings is 1. The molecular formula is C10H10ClFN2. The van der Waals surface area contributed by atoms with E-state index in [9.17, 15) is 4.39 Å². The van der Waals surface area contributed by atoms with Crippen molar-refractivity contribution in [3.8, 4) is 6.07 Å². The predicted octanol–water partition coefficient (Wildman–Crippen LogP) is 2.30. The van der Waals surface area contributed by atoms with Gasteiger partial charge in [-0.2, -0.15) is 5.26 Å². The maximum atomic E-state index is 12.8. The van der Waals surface area contributed by atoms with Gasteiger partial charge in [0.15, 0.2) is 0 Å². The zero-order valence-corrected chi connectivity index (χ0v) is 8.22. The average Bonchev–Trinajstić information content (AvgIpc) is 2.17. The van der Waals surface area contributed by atoms with Crippen LogP contribution in [0.4, 0.5) is 4.39 Å². The second kappa shape index (κ2) is 5.38. The largest absolute Gasteiger partial charge is 0.321 e. The standard InChI is InChI=1S/C10H9FN2.ClH/c1-2-10(13)7-3-4-9(11)8(5-7)6-12;/h2-5,10H,1,13H2;1H/t10-;/m1./s1. The summed E-state index contributed by atoms with van der Waals surface area (Å²) in [6, 6.07) is 5.61. The number of halogens is 2. The van der Waals surface area contributed by atoms with E-state index in [0.29, 0.717) is 5.56 Å². The summed E-state index contributed by atoms with van der Waals surface area (Å²) in [6.45, 7) is 3.51. The molecule has 0 aromatic heterocycles. The summed E-state index contributed by atoms with van der Waals surface area (Å²) < 4.78 is 12.8. The van der Waals surface area contributed by atoms with Crippen molar-refractivity contribution in [1.29, 1.82) is 5.26 Å². The number of nitrogens with two attached hydrogens (primary N) is 1. The van der Waals surface area contributed by atoms with Crippen LogP contribution in [-0.2, 0) is 0 Å². The second-order valence-corrected chi connectivity index (χ2v) is 2.61. The Morgan fingerprint density at radius 2 is 2.21 bits per heavy atom. The fraction of sp³-hybridized carbons (Fsp3) is 0.100. The first kappa shape index (κ1) is 12.6. The van der Waals surface area contributed by atoms with Crippen molar-refractivity contribution in [2.75, 3.05) is 0 Å². The lowest BCUT2D eigenvalue weighted by Crippen LogP contribution is -2.06. The van der Waals surface area contributed by atoms with Crippen molar-refractivity contribution >= 4 is 12.4 Å². The number of nitriles is 1. The van der Waals surface area contributed by atoms with Gasteiger partial charge in [0.25, 0.3) is 0 Å². The molecule has 0 fully saturated rings. The summed E-state index contributed by atoms with van der Waals surface area (Å²) in [5.41, 5.74) is 6.32. The monoisotopic (exact) mass is 212 g/mol. The first-order valence-electron chi connectivity index (χ1n) is 3.76. The highest BCUT2D eigenvalue weighted by atomic mass is 35.5. The number of nitrogens with zero attached hydrogens (tertiary/aromatic N) is 1. The summed E-state index contributed by atoms with van der Waals surface area (Å²) in [4.78, 5) is 0. The van der Waals surface area contributed by atoms with Gasteiger partial charge < -0.3 is 5.73 Å². The van der Waals surface area contributed by atoms with Gasteiger partial charge in [-0.05, 0) is 17.7 Å². The zero-order chi connectivity index (χ0) is 9.84. The van der Waals surface area contributed by atoms with E-state index in [4.69, 9.17) is 11.0 Å². The lowest BCUT2D eigenvalue weighted by atomic mass is 10.0. The third-order valence-electron chi connectivity index (χ3n) is 1.75. The highest BCUT2D eigenvalue weighted by Crippen LogP contribution is 2.15. The molecule has 1 rings (SSSR count). The van der Waals surface area contributed by atoms with Crippen LogP contribution in [0.15, 0.2) is 30.9 Å². The van der Waals surface area contributed by atoms with Gasteiger partial charge in [-0.1, -0.05) is 12.1 Å². The molecular weight excluding hydrogens is 203 g/mol.